The van der Waals surface area contributed by atoms with Gasteiger partial charge in [-0.25, -0.2) is 0 Å². The van der Waals surface area contributed by atoms with Crippen molar-refractivity contribution in [3.05, 3.63) is 35.9 Å². The molecular weight excluding hydrogens is 216 g/mol. The van der Waals surface area contributed by atoms with Crippen LogP contribution < -0.4 is 0 Å². The van der Waals surface area contributed by atoms with Crippen LogP contribution in [0.15, 0.2) is 30.3 Å². The van der Waals surface area contributed by atoms with Crippen LogP contribution in [0.2, 0.25) is 0 Å². The van der Waals surface area contributed by atoms with Crippen LogP contribution in [0.4, 0.5) is 0 Å². The van der Waals surface area contributed by atoms with Crippen LogP contribution in [0.3, 0.4) is 0 Å². The summed E-state index contributed by atoms with van der Waals surface area (Å²) < 4.78 is 5.31. The molecule has 17 heavy (non-hydrogen) atoms. The topological polar surface area (TPSA) is 46.5 Å². The molecule has 92 valence electrons. The maximum Gasteiger partial charge on any atom is 0.307 e. The molecule has 0 amide bonds. The summed E-state index contributed by atoms with van der Waals surface area (Å²) in [5, 5.41) is 9.45. The number of rotatable bonds is 4. The van der Waals surface area contributed by atoms with Gasteiger partial charge in [-0.05, 0) is 11.5 Å². The lowest BCUT2D eigenvalue weighted by atomic mass is 9.64. The van der Waals surface area contributed by atoms with Gasteiger partial charge in [-0.3, -0.25) is 4.79 Å². The summed E-state index contributed by atoms with van der Waals surface area (Å²) in [6, 6.07) is 9.85. The van der Waals surface area contributed by atoms with Gasteiger partial charge in [0.2, 0.25) is 0 Å². The summed E-state index contributed by atoms with van der Waals surface area (Å²) in [6.07, 6.45) is 0. The van der Waals surface area contributed by atoms with Gasteiger partial charge in [-0.1, -0.05) is 44.2 Å². The Morgan fingerprint density at radius 2 is 1.88 bits per heavy atom. The second-order valence-corrected chi connectivity index (χ2v) is 5.07. The van der Waals surface area contributed by atoms with E-state index in [1.54, 1.807) is 0 Å². The Morgan fingerprint density at radius 1 is 1.29 bits per heavy atom. The number of hydrogen-bond donors (Lipinski definition) is 1. The van der Waals surface area contributed by atoms with Gasteiger partial charge in [0.15, 0.2) is 0 Å². The summed E-state index contributed by atoms with van der Waals surface area (Å²) in [6.45, 7) is 4.93. The van der Waals surface area contributed by atoms with E-state index in [4.69, 9.17) is 4.74 Å². The van der Waals surface area contributed by atoms with Crippen LogP contribution in [0.5, 0.6) is 0 Å². The molecule has 0 spiro atoms. The summed E-state index contributed by atoms with van der Waals surface area (Å²) in [4.78, 5) is 11.5. The number of carboxylic acids is 1. The van der Waals surface area contributed by atoms with E-state index in [2.05, 4.69) is 0 Å². The number of aliphatic carboxylic acids is 1. The first-order chi connectivity index (χ1) is 8.08. The standard InChI is InChI=1S/C14H18O3/c1-10(2)12(13(15)16)14(8-17-9-14)11-6-4-3-5-7-11/h3-7,10,12H,8-9H2,1-2H3,(H,15,16). The van der Waals surface area contributed by atoms with Crippen molar-refractivity contribution in [1.82, 2.24) is 0 Å². The van der Waals surface area contributed by atoms with Gasteiger partial charge in [-0.2, -0.15) is 0 Å². The largest absolute Gasteiger partial charge is 0.481 e. The predicted molar refractivity (Wildman–Crippen MR) is 64.9 cm³/mol. The molecule has 0 aliphatic carbocycles. The second-order valence-electron chi connectivity index (χ2n) is 5.07. The first kappa shape index (κ1) is 12.1. The van der Waals surface area contributed by atoms with Gasteiger partial charge in [0.05, 0.1) is 24.5 Å². The number of benzene rings is 1. The zero-order chi connectivity index (χ0) is 12.5. The van der Waals surface area contributed by atoms with Crippen LogP contribution in [0.1, 0.15) is 19.4 Å². The molecule has 1 saturated heterocycles. The maximum atomic E-state index is 11.5. The van der Waals surface area contributed by atoms with E-state index >= 15 is 0 Å². The van der Waals surface area contributed by atoms with Crippen LogP contribution in [0, 0.1) is 11.8 Å². The third-order valence-corrected chi connectivity index (χ3v) is 3.60. The zero-order valence-corrected chi connectivity index (χ0v) is 10.2. The molecule has 1 unspecified atom stereocenters. The van der Waals surface area contributed by atoms with E-state index in [1.807, 2.05) is 44.2 Å². The summed E-state index contributed by atoms with van der Waals surface area (Å²) in [5.41, 5.74) is 0.730. The number of hydrogen-bond acceptors (Lipinski definition) is 2. The SMILES string of the molecule is CC(C)C(C(=O)O)C1(c2ccccc2)COC1. The highest BCUT2D eigenvalue weighted by atomic mass is 16.5. The second kappa shape index (κ2) is 4.49. The van der Waals surface area contributed by atoms with Crippen molar-refractivity contribution in [2.75, 3.05) is 13.2 Å². The lowest BCUT2D eigenvalue weighted by Crippen LogP contribution is -2.56. The van der Waals surface area contributed by atoms with E-state index in [-0.39, 0.29) is 11.3 Å². The van der Waals surface area contributed by atoms with Crippen molar-refractivity contribution >= 4 is 5.97 Å². The van der Waals surface area contributed by atoms with Gasteiger partial charge in [0, 0.05) is 0 Å². The quantitative estimate of drug-likeness (QED) is 0.869. The summed E-state index contributed by atoms with van der Waals surface area (Å²) >= 11 is 0. The summed E-state index contributed by atoms with van der Waals surface area (Å²) in [7, 11) is 0. The Kier molecular flexibility index (Phi) is 3.20. The molecule has 1 atom stereocenters. The first-order valence-electron chi connectivity index (χ1n) is 5.94. The van der Waals surface area contributed by atoms with E-state index in [0.717, 1.165) is 5.56 Å². The lowest BCUT2D eigenvalue weighted by molar-refractivity contribution is -0.161. The third kappa shape index (κ3) is 1.95. The highest BCUT2D eigenvalue weighted by Crippen LogP contribution is 2.42. The highest BCUT2D eigenvalue weighted by molar-refractivity contribution is 5.73. The molecule has 0 aromatic heterocycles. The van der Waals surface area contributed by atoms with E-state index in [0.29, 0.717) is 13.2 Å². The molecule has 2 rings (SSSR count). The maximum absolute atomic E-state index is 11.5. The monoisotopic (exact) mass is 234 g/mol. The minimum Gasteiger partial charge on any atom is -0.481 e. The molecule has 1 heterocycles. The molecule has 3 heteroatoms. The molecule has 3 nitrogen and oxygen atoms in total. The number of ether oxygens (including phenoxy) is 1. The van der Waals surface area contributed by atoms with Crippen LogP contribution in [-0.2, 0) is 14.9 Å². The molecule has 1 aliphatic heterocycles. The smallest absolute Gasteiger partial charge is 0.307 e. The van der Waals surface area contributed by atoms with Gasteiger partial charge in [-0.15, -0.1) is 0 Å². The van der Waals surface area contributed by atoms with Gasteiger partial charge >= 0.3 is 5.97 Å². The normalized spacial score (nSPS) is 19.7. The van der Waals surface area contributed by atoms with Crippen molar-refractivity contribution < 1.29 is 14.6 Å². The fourth-order valence-electron chi connectivity index (χ4n) is 2.78. The first-order valence-corrected chi connectivity index (χ1v) is 5.94. The van der Waals surface area contributed by atoms with Crippen molar-refractivity contribution in [3.8, 4) is 0 Å². The van der Waals surface area contributed by atoms with Crippen LogP contribution >= 0.6 is 0 Å². The van der Waals surface area contributed by atoms with Crippen molar-refractivity contribution in [2.45, 2.75) is 19.3 Å². The Bertz CT molecular complexity index is 393. The number of carboxylic acid groups (broad SMARTS) is 1. The van der Waals surface area contributed by atoms with Gasteiger partial charge in [0.1, 0.15) is 0 Å². The fourth-order valence-corrected chi connectivity index (χ4v) is 2.78. The lowest BCUT2D eigenvalue weighted by Gasteiger charge is -2.47. The molecule has 1 N–H and O–H groups in total. The van der Waals surface area contributed by atoms with Crippen LogP contribution in [0.25, 0.3) is 0 Å². The molecule has 0 bridgehead atoms. The predicted octanol–water partition coefficient (Wildman–Crippen LogP) is 2.31. The Hall–Kier alpha value is -1.35. The summed E-state index contributed by atoms with van der Waals surface area (Å²) in [5.74, 6) is -1.03. The van der Waals surface area contributed by atoms with E-state index in [1.165, 1.54) is 0 Å². The average molecular weight is 234 g/mol. The average Bonchev–Trinajstić information content (AvgIpc) is 2.23. The highest BCUT2D eigenvalue weighted by Gasteiger charge is 2.51. The minimum absolute atomic E-state index is 0.0941. The third-order valence-electron chi connectivity index (χ3n) is 3.60. The van der Waals surface area contributed by atoms with Crippen molar-refractivity contribution in [1.29, 1.82) is 0 Å². The molecule has 1 aromatic rings. The molecule has 1 aliphatic rings. The molecule has 1 aromatic carbocycles. The van der Waals surface area contributed by atoms with Crippen molar-refractivity contribution in [3.63, 3.8) is 0 Å². The number of carbonyl (C=O) groups is 1. The molecule has 1 fully saturated rings. The molecule has 0 radical (unpaired) electrons. The van der Waals surface area contributed by atoms with Crippen LogP contribution in [-0.4, -0.2) is 24.3 Å². The Balaban J connectivity index is 2.40. The molecule has 0 saturated carbocycles. The van der Waals surface area contributed by atoms with E-state index < -0.39 is 11.9 Å². The van der Waals surface area contributed by atoms with Gasteiger partial charge in [0.25, 0.3) is 0 Å². The zero-order valence-electron chi connectivity index (χ0n) is 10.2. The minimum atomic E-state index is -0.729. The van der Waals surface area contributed by atoms with E-state index in [9.17, 15) is 9.90 Å². The van der Waals surface area contributed by atoms with Gasteiger partial charge < -0.3 is 9.84 Å². The Morgan fingerprint density at radius 3 is 2.24 bits per heavy atom. The Labute approximate surface area is 101 Å². The molecular formula is C14H18O3. The van der Waals surface area contributed by atoms with Crippen molar-refractivity contribution in [2.24, 2.45) is 11.8 Å². The fraction of sp³-hybridized carbons (Fsp3) is 0.500.